The minimum atomic E-state index is -4.76. The molecule has 0 radical (unpaired) electrons. The highest BCUT2D eigenvalue weighted by Crippen LogP contribution is 2.42. The maximum absolute atomic E-state index is 13.1. The van der Waals surface area contributed by atoms with Gasteiger partial charge in [-0.15, -0.1) is 0 Å². The third-order valence-electron chi connectivity index (χ3n) is 3.79. The maximum Gasteiger partial charge on any atom is 0.451 e. The number of aliphatic hydroxyl groups excluding tert-OH is 1. The van der Waals surface area contributed by atoms with Crippen molar-refractivity contribution in [1.82, 2.24) is 20.3 Å². The SMILES string of the molecule is OCC1CN(c2sc(C(F)(F)F)nc2-c2cnc(C(F)(F)F)nc2)CCN1. The quantitative estimate of drug-likeness (QED) is 0.753. The average molecular weight is 413 g/mol. The third kappa shape index (κ3) is 4.30. The molecule has 2 aromatic rings. The molecular formula is C14H13F6N5OS. The van der Waals surface area contributed by atoms with Crippen molar-refractivity contribution in [3.63, 3.8) is 0 Å². The van der Waals surface area contributed by atoms with Crippen molar-refractivity contribution in [2.45, 2.75) is 18.4 Å². The Kier molecular flexibility index (Phi) is 5.27. The lowest BCUT2D eigenvalue weighted by Gasteiger charge is -2.33. The second-order valence-electron chi connectivity index (χ2n) is 5.74. The van der Waals surface area contributed by atoms with E-state index in [4.69, 9.17) is 0 Å². The summed E-state index contributed by atoms with van der Waals surface area (Å²) in [6.45, 7) is 0.794. The normalized spacial score (nSPS) is 18.8. The van der Waals surface area contributed by atoms with E-state index in [0.717, 1.165) is 12.4 Å². The number of aromatic nitrogens is 3. The Morgan fingerprint density at radius 3 is 2.37 bits per heavy atom. The summed E-state index contributed by atoms with van der Waals surface area (Å²) in [6.07, 6.45) is -7.84. The molecule has 0 saturated carbocycles. The van der Waals surface area contributed by atoms with Crippen LogP contribution in [0.2, 0.25) is 0 Å². The van der Waals surface area contributed by atoms with Gasteiger partial charge in [0.25, 0.3) is 0 Å². The summed E-state index contributed by atoms with van der Waals surface area (Å²) in [5, 5.41) is 11.3. The summed E-state index contributed by atoms with van der Waals surface area (Å²) in [5.41, 5.74) is -0.191. The highest BCUT2D eigenvalue weighted by molar-refractivity contribution is 7.16. The van der Waals surface area contributed by atoms with E-state index >= 15 is 0 Å². The molecule has 1 fully saturated rings. The first-order chi connectivity index (χ1) is 12.6. The zero-order valence-corrected chi connectivity index (χ0v) is 14.3. The van der Waals surface area contributed by atoms with Gasteiger partial charge in [0.15, 0.2) is 0 Å². The molecule has 27 heavy (non-hydrogen) atoms. The average Bonchev–Trinajstić information content (AvgIpc) is 3.07. The zero-order chi connectivity index (χ0) is 19.8. The minimum absolute atomic E-state index is 0.0520. The summed E-state index contributed by atoms with van der Waals surface area (Å²) >= 11 is 0.393. The van der Waals surface area contributed by atoms with Crippen LogP contribution in [0, 0.1) is 0 Å². The molecule has 3 heterocycles. The summed E-state index contributed by atoms with van der Waals surface area (Å²) in [4.78, 5) is 11.6. The Morgan fingerprint density at radius 2 is 1.81 bits per heavy atom. The first-order valence-electron chi connectivity index (χ1n) is 7.66. The van der Waals surface area contributed by atoms with Crippen LogP contribution in [0.15, 0.2) is 12.4 Å². The van der Waals surface area contributed by atoms with E-state index < -0.39 is 23.2 Å². The molecule has 6 nitrogen and oxygen atoms in total. The number of aliphatic hydroxyl groups is 1. The molecule has 1 aliphatic rings. The van der Waals surface area contributed by atoms with Gasteiger partial charge in [0.1, 0.15) is 10.7 Å². The van der Waals surface area contributed by atoms with E-state index in [-0.39, 0.29) is 35.5 Å². The van der Waals surface area contributed by atoms with Crippen LogP contribution in [0.3, 0.4) is 0 Å². The van der Waals surface area contributed by atoms with Crippen LogP contribution in [0.1, 0.15) is 10.8 Å². The molecule has 0 aliphatic carbocycles. The van der Waals surface area contributed by atoms with E-state index in [2.05, 4.69) is 20.3 Å². The molecule has 148 valence electrons. The molecule has 2 N–H and O–H groups in total. The van der Waals surface area contributed by atoms with E-state index in [0.29, 0.717) is 24.4 Å². The van der Waals surface area contributed by atoms with Gasteiger partial charge in [0, 0.05) is 43.6 Å². The second-order valence-corrected chi connectivity index (χ2v) is 6.72. The lowest BCUT2D eigenvalue weighted by molar-refractivity contribution is -0.145. The molecule has 13 heteroatoms. The molecule has 1 unspecified atom stereocenters. The molecule has 0 bridgehead atoms. The van der Waals surface area contributed by atoms with Crippen LogP contribution in [-0.2, 0) is 12.4 Å². The van der Waals surface area contributed by atoms with Gasteiger partial charge in [-0.3, -0.25) is 0 Å². The standard InChI is InChI=1S/C14H13F6N5OS/c15-13(16,17)11-22-3-7(4-23-11)9-10(27-12(24-9)14(18,19)20)25-2-1-21-8(5-25)6-26/h3-4,8,21,26H,1-2,5-6H2. The number of piperazine rings is 1. The van der Waals surface area contributed by atoms with Gasteiger partial charge in [-0.25, -0.2) is 15.0 Å². The summed E-state index contributed by atoms with van der Waals surface area (Å²) in [7, 11) is 0. The van der Waals surface area contributed by atoms with E-state index in [9.17, 15) is 31.4 Å². The lowest BCUT2D eigenvalue weighted by Crippen LogP contribution is -2.52. The Balaban J connectivity index is 2.02. The number of anilines is 1. The Hall–Kier alpha value is -1.99. The molecule has 1 aliphatic heterocycles. The van der Waals surface area contributed by atoms with Gasteiger partial charge in [-0.05, 0) is 0 Å². The number of rotatable bonds is 3. The van der Waals surface area contributed by atoms with Crippen molar-refractivity contribution in [3.05, 3.63) is 23.2 Å². The topological polar surface area (TPSA) is 74.2 Å². The summed E-state index contributed by atoms with van der Waals surface area (Å²) in [5.74, 6) is -1.39. The molecule has 2 aromatic heterocycles. The van der Waals surface area contributed by atoms with Crippen molar-refractivity contribution < 1.29 is 31.4 Å². The number of alkyl halides is 6. The summed E-state index contributed by atoms with van der Waals surface area (Å²) < 4.78 is 77.2. The highest BCUT2D eigenvalue weighted by atomic mass is 32.1. The fraction of sp³-hybridized carbons (Fsp3) is 0.500. The van der Waals surface area contributed by atoms with Crippen LogP contribution < -0.4 is 10.2 Å². The van der Waals surface area contributed by atoms with Gasteiger partial charge in [-0.2, -0.15) is 26.3 Å². The van der Waals surface area contributed by atoms with Crippen LogP contribution in [0.25, 0.3) is 11.3 Å². The molecule has 1 saturated heterocycles. The number of hydrogen-bond donors (Lipinski definition) is 2. The fourth-order valence-corrected chi connectivity index (χ4v) is 3.56. The van der Waals surface area contributed by atoms with Crippen molar-refractivity contribution in [2.24, 2.45) is 0 Å². The van der Waals surface area contributed by atoms with E-state index in [1.165, 1.54) is 0 Å². The van der Waals surface area contributed by atoms with E-state index in [1.807, 2.05) is 0 Å². The Morgan fingerprint density at radius 1 is 1.15 bits per heavy atom. The van der Waals surface area contributed by atoms with Crippen molar-refractivity contribution >= 4 is 16.3 Å². The van der Waals surface area contributed by atoms with Gasteiger partial charge < -0.3 is 15.3 Å². The molecule has 1 atom stereocenters. The first kappa shape index (κ1) is 19.8. The highest BCUT2D eigenvalue weighted by Gasteiger charge is 2.38. The van der Waals surface area contributed by atoms with Crippen LogP contribution >= 0.6 is 11.3 Å². The number of hydrogen-bond acceptors (Lipinski definition) is 7. The Labute approximate surface area is 152 Å². The fourth-order valence-electron chi connectivity index (χ4n) is 2.56. The molecule has 0 amide bonds. The number of halogens is 6. The monoisotopic (exact) mass is 413 g/mol. The molecule has 3 rings (SSSR count). The summed E-state index contributed by atoms with van der Waals surface area (Å²) in [6, 6.07) is -0.341. The van der Waals surface area contributed by atoms with Crippen LogP contribution in [0.4, 0.5) is 31.3 Å². The van der Waals surface area contributed by atoms with Crippen molar-refractivity contribution in [2.75, 3.05) is 31.1 Å². The molecule has 0 aromatic carbocycles. The first-order valence-corrected chi connectivity index (χ1v) is 8.48. The smallest absolute Gasteiger partial charge is 0.395 e. The largest absolute Gasteiger partial charge is 0.451 e. The number of nitrogens with one attached hydrogen (secondary N) is 1. The second kappa shape index (κ2) is 7.20. The van der Waals surface area contributed by atoms with Crippen LogP contribution in [0.5, 0.6) is 0 Å². The van der Waals surface area contributed by atoms with Crippen molar-refractivity contribution in [1.29, 1.82) is 0 Å². The maximum atomic E-state index is 13.1. The molecule has 0 spiro atoms. The third-order valence-corrected chi connectivity index (χ3v) is 4.95. The predicted octanol–water partition coefficient (Wildman–Crippen LogP) is 2.41. The zero-order valence-electron chi connectivity index (χ0n) is 13.5. The van der Waals surface area contributed by atoms with Gasteiger partial charge >= 0.3 is 12.4 Å². The van der Waals surface area contributed by atoms with Gasteiger partial charge in [-0.1, -0.05) is 11.3 Å². The van der Waals surface area contributed by atoms with E-state index in [1.54, 1.807) is 4.90 Å². The minimum Gasteiger partial charge on any atom is -0.395 e. The Bertz CT molecular complexity index is 791. The van der Waals surface area contributed by atoms with Crippen LogP contribution in [-0.4, -0.2) is 52.3 Å². The van der Waals surface area contributed by atoms with Gasteiger partial charge in [0.2, 0.25) is 10.8 Å². The van der Waals surface area contributed by atoms with Gasteiger partial charge in [0.05, 0.1) is 6.61 Å². The number of nitrogens with zero attached hydrogens (tertiary/aromatic N) is 4. The van der Waals surface area contributed by atoms with Crippen molar-refractivity contribution in [3.8, 4) is 11.3 Å². The number of thiazole rings is 1. The lowest BCUT2D eigenvalue weighted by atomic mass is 10.2. The predicted molar refractivity (Wildman–Crippen MR) is 84.2 cm³/mol. The molecular weight excluding hydrogens is 400 g/mol.